The Hall–Kier alpha value is -1.92. The number of aliphatic hydroxyl groups is 2. The first-order chi connectivity index (χ1) is 26.4. The molecule has 0 saturated carbocycles. The van der Waals surface area contributed by atoms with Crippen molar-refractivity contribution >= 4 is 0 Å². The van der Waals surface area contributed by atoms with Gasteiger partial charge >= 0.3 is 0 Å². The SMILES string of the molecule is [2H]c1cc([2H])c(C([2H])([2H])C([2H])([2H])C([2H])([2H])C([2H])([2H])OC([2H])([2H])C([2H])([2H])C([2H])([2H])C([2H])([2H])C([2H])([2H])C([2H])([2H])NC([2H])([2H])C([2H])(O)c2c([2H])c([2H])c(O)c(C([2H])([2H])O)c2[2H])cc1[2H]. The van der Waals surface area contributed by atoms with Crippen molar-refractivity contribution in [1.29, 1.82) is 0 Å². The number of hydrogen-bond donors (Lipinski definition) is 4. The molecule has 0 aliphatic heterocycles. The van der Waals surface area contributed by atoms with Crippen LogP contribution in [0.1, 0.15) is 104 Å². The first-order valence-electron chi connectivity index (χ1n) is 23.2. The lowest BCUT2D eigenvalue weighted by Gasteiger charge is -2.14. The zero-order valence-electron chi connectivity index (χ0n) is 45.9. The first-order valence-corrected chi connectivity index (χ1v) is 7.73. The molecular formula is C25H37NO4. The molecule has 0 fully saturated rings. The molecular weight excluding hydrogens is 378 g/mol. The molecule has 0 spiro atoms. The van der Waals surface area contributed by atoms with E-state index in [9.17, 15) is 15.3 Å². The van der Waals surface area contributed by atoms with Gasteiger partial charge in [0, 0.05) is 49.9 Å². The summed E-state index contributed by atoms with van der Waals surface area (Å²) in [5.41, 5.74) is -4.51. The van der Waals surface area contributed by atoms with Crippen LogP contribution in [0.25, 0.3) is 0 Å². The summed E-state index contributed by atoms with van der Waals surface area (Å²) in [4.78, 5) is 0. The Labute approximate surface area is 224 Å². The molecule has 1 atom stereocenters. The highest BCUT2D eigenvalue weighted by molar-refractivity contribution is 5.36. The minimum absolute atomic E-state index is 0.440. The van der Waals surface area contributed by atoms with Crippen LogP contribution in [0, 0.1) is 0 Å². The zero-order chi connectivity index (χ0) is 49.1. The number of nitrogens with one attached hydrogen (secondary N) is 1. The van der Waals surface area contributed by atoms with E-state index in [1.165, 1.54) is 0 Å². The molecule has 0 aliphatic carbocycles. The molecule has 30 heavy (non-hydrogen) atoms. The molecule has 5 nitrogen and oxygen atoms in total. The average molecular weight is 447 g/mol. The van der Waals surface area contributed by atoms with Crippen molar-refractivity contribution in [3.8, 4) is 5.75 Å². The topological polar surface area (TPSA) is 82.0 Å². The Morgan fingerprint density at radius 3 is 2.70 bits per heavy atom. The maximum absolute atomic E-state index is 11.0. The molecule has 2 aromatic carbocycles. The fraction of sp³-hybridized carbons (Fsp3) is 0.520. The first kappa shape index (κ1) is 5.70. The van der Waals surface area contributed by atoms with E-state index < -0.39 is 142 Å². The van der Waals surface area contributed by atoms with Crippen molar-refractivity contribution in [3.05, 3.63) is 65.1 Å². The molecule has 0 heterocycles. The summed E-state index contributed by atoms with van der Waals surface area (Å²) in [6, 6.07) is -6.30. The van der Waals surface area contributed by atoms with Gasteiger partial charge in [-0.05, 0) is 61.6 Å². The smallest absolute Gasteiger partial charge is 0.121 e. The molecule has 1 unspecified atom stereocenters. The summed E-state index contributed by atoms with van der Waals surface area (Å²) in [5.74, 6) is -1.60. The Balaban J connectivity index is 2.69. The summed E-state index contributed by atoms with van der Waals surface area (Å²) in [5, 5.41) is 31.8. The molecule has 0 radical (unpaired) electrons. The van der Waals surface area contributed by atoms with Crippen LogP contribution in [-0.4, -0.2) is 41.4 Å². The third-order valence-corrected chi connectivity index (χ3v) is 2.70. The van der Waals surface area contributed by atoms with Crippen LogP contribution in [0.15, 0.2) is 48.4 Å². The molecule has 166 valence electrons. The van der Waals surface area contributed by atoms with E-state index in [1.807, 2.05) is 0 Å². The van der Waals surface area contributed by atoms with Crippen LogP contribution in [-0.2, 0) is 17.7 Å². The standard InChI is InChI=1S/C25H37NO4/c27-20-23-18-22(13-14-24(23)28)25(29)19-26-15-7-1-2-8-16-30-17-9-6-12-21-10-4-3-5-11-21/h3-5,10-11,13-14,18,25-29H,1-2,6-9,12,15-17,19-20H2/i1D2,2D2,3D,4D,6D2,7D2,8D2,9D2,11D,12D2,13D,14D,15D2,16D2,17D2,18D,19D2,20D2,25D. The summed E-state index contributed by atoms with van der Waals surface area (Å²) < 4.78 is 255. The van der Waals surface area contributed by atoms with Crippen molar-refractivity contribution in [2.75, 3.05) is 26.1 Å². The van der Waals surface area contributed by atoms with Crippen LogP contribution in [0.5, 0.6) is 5.75 Å². The zero-order valence-corrected chi connectivity index (χ0v) is 14.9. The maximum Gasteiger partial charge on any atom is 0.121 e. The predicted molar refractivity (Wildman–Crippen MR) is 121 cm³/mol. The number of aromatic hydroxyl groups is 1. The quantitative estimate of drug-likeness (QED) is 0.312. The van der Waals surface area contributed by atoms with Crippen molar-refractivity contribution in [2.45, 2.75) is 57.2 Å². The van der Waals surface area contributed by atoms with E-state index in [2.05, 4.69) is 4.74 Å². The number of aryl methyl sites for hydroxylation is 1. The van der Waals surface area contributed by atoms with Crippen LogP contribution in [0.2, 0.25) is 0 Å². The molecule has 5 heteroatoms. The van der Waals surface area contributed by atoms with Gasteiger partial charge in [0.05, 0.1) is 30.5 Å². The Kier molecular flexibility index (Phi) is 2.85. The fourth-order valence-electron chi connectivity index (χ4n) is 1.49. The van der Waals surface area contributed by atoms with Gasteiger partial charge in [0.2, 0.25) is 0 Å². The molecule has 0 bridgehead atoms. The van der Waals surface area contributed by atoms with E-state index in [0.29, 0.717) is 12.1 Å². The summed E-state index contributed by atoms with van der Waals surface area (Å²) in [6.07, 6.45) is -36.7. The molecule has 2 aromatic rings. The minimum atomic E-state index is -4.94. The van der Waals surface area contributed by atoms with Crippen LogP contribution < -0.4 is 5.32 Å². The van der Waals surface area contributed by atoms with Crippen molar-refractivity contribution in [2.24, 2.45) is 0 Å². The maximum atomic E-state index is 11.0. The second kappa shape index (κ2) is 15.0. The van der Waals surface area contributed by atoms with E-state index in [0.717, 1.165) is 5.32 Å². The van der Waals surface area contributed by atoms with Crippen LogP contribution in [0.4, 0.5) is 0 Å². The van der Waals surface area contributed by atoms with Crippen LogP contribution in [0.3, 0.4) is 0 Å². The van der Waals surface area contributed by atoms with Crippen molar-refractivity contribution in [1.82, 2.24) is 5.32 Å². The minimum Gasteiger partial charge on any atom is -0.508 e. The van der Waals surface area contributed by atoms with Crippen molar-refractivity contribution in [3.63, 3.8) is 0 Å². The van der Waals surface area contributed by atoms with Crippen molar-refractivity contribution < 1.29 is 62.5 Å². The average Bonchev–Trinajstić information content (AvgIpc) is 3.02. The van der Waals surface area contributed by atoms with Gasteiger partial charge < -0.3 is 25.4 Å². The van der Waals surface area contributed by atoms with Gasteiger partial charge in [0.1, 0.15) is 5.75 Å². The molecule has 0 aromatic heterocycles. The largest absolute Gasteiger partial charge is 0.508 e. The Morgan fingerprint density at radius 1 is 1.07 bits per heavy atom. The Bertz CT molecular complexity index is 2010. The van der Waals surface area contributed by atoms with Gasteiger partial charge in [0.25, 0.3) is 0 Å². The number of rotatable bonds is 16. The monoisotopic (exact) mass is 446 g/mol. The van der Waals surface area contributed by atoms with E-state index >= 15 is 0 Å². The normalized spacial score (nSPS) is 34.1. The molecule has 4 N–H and O–H groups in total. The summed E-state index contributed by atoms with van der Waals surface area (Å²) >= 11 is 0. The van der Waals surface area contributed by atoms with E-state index in [-0.39, 0.29) is 0 Å². The van der Waals surface area contributed by atoms with E-state index in [4.69, 9.17) is 42.5 Å². The lowest BCUT2D eigenvalue weighted by atomic mass is 10.1. The van der Waals surface area contributed by atoms with Gasteiger partial charge in [-0.2, -0.15) is 0 Å². The van der Waals surface area contributed by atoms with Gasteiger partial charge in [-0.3, -0.25) is 0 Å². The highest BCUT2D eigenvalue weighted by atomic mass is 16.5. The second-order valence-electron chi connectivity index (χ2n) is 4.63. The summed E-state index contributed by atoms with van der Waals surface area (Å²) in [7, 11) is 0. The molecule has 0 amide bonds. The predicted octanol–water partition coefficient (Wildman–Crippen LogP) is 4.11. The molecule has 0 saturated heterocycles. The molecule has 2 rings (SSSR count). The van der Waals surface area contributed by atoms with Gasteiger partial charge in [-0.15, -0.1) is 0 Å². The fourth-order valence-corrected chi connectivity index (χ4v) is 1.49. The number of benzene rings is 2. The number of phenols is 1. The van der Waals surface area contributed by atoms with Gasteiger partial charge in [-0.1, -0.05) is 49.0 Å². The van der Waals surface area contributed by atoms with Crippen LogP contribution >= 0.6 is 0 Å². The number of hydrogen-bond acceptors (Lipinski definition) is 5. The Morgan fingerprint density at radius 2 is 1.87 bits per heavy atom. The number of ether oxygens (including phenoxy) is 1. The van der Waals surface area contributed by atoms with E-state index in [1.54, 1.807) is 0 Å². The third kappa shape index (κ3) is 9.72. The lowest BCUT2D eigenvalue weighted by Crippen LogP contribution is -2.22. The highest BCUT2D eigenvalue weighted by Crippen LogP contribution is 2.22. The van der Waals surface area contributed by atoms with Gasteiger partial charge in [-0.25, -0.2) is 0 Å². The lowest BCUT2D eigenvalue weighted by molar-refractivity contribution is 0.126. The summed E-state index contributed by atoms with van der Waals surface area (Å²) in [6.45, 7) is -22.3. The second-order valence-corrected chi connectivity index (χ2v) is 4.63. The van der Waals surface area contributed by atoms with Gasteiger partial charge in [0.15, 0.2) is 0 Å². The highest BCUT2D eigenvalue weighted by Gasteiger charge is 2.09. The molecule has 0 aliphatic rings. The third-order valence-electron chi connectivity index (χ3n) is 2.70.